The summed E-state index contributed by atoms with van der Waals surface area (Å²) in [6.45, 7) is 1.62. The van der Waals surface area contributed by atoms with E-state index in [1.807, 2.05) is 23.1 Å². The van der Waals surface area contributed by atoms with Crippen LogP contribution in [0.1, 0.15) is 31.2 Å². The van der Waals surface area contributed by atoms with Gasteiger partial charge in [0.2, 0.25) is 0 Å². The molecule has 1 aliphatic carbocycles. The minimum absolute atomic E-state index is 0.0212. The standard InChI is InChI=1S/C19H28N2O3/c1-24-17-6-2-4-14(10-17)11-18(16-7-8-16)20-19(23)21-9-3-5-15(12-21)13-22/h2,4,6,10,15-16,18,22H,3,5,7-9,11-13H2,1H3,(H,20,23)/t15-,18-/m0/s1. The number of aliphatic hydroxyl groups excluding tert-OH is 1. The molecule has 1 aliphatic heterocycles. The van der Waals surface area contributed by atoms with Crippen LogP contribution in [-0.4, -0.2) is 48.9 Å². The van der Waals surface area contributed by atoms with Gasteiger partial charge in [-0.1, -0.05) is 12.1 Å². The number of aliphatic hydroxyl groups is 1. The van der Waals surface area contributed by atoms with Crippen molar-refractivity contribution in [2.45, 2.75) is 38.1 Å². The fourth-order valence-corrected chi connectivity index (χ4v) is 3.54. The van der Waals surface area contributed by atoms with Crippen molar-refractivity contribution in [1.29, 1.82) is 0 Å². The van der Waals surface area contributed by atoms with E-state index in [0.717, 1.165) is 31.6 Å². The number of piperidine rings is 1. The van der Waals surface area contributed by atoms with E-state index in [-0.39, 0.29) is 24.6 Å². The van der Waals surface area contributed by atoms with Gasteiger partial charge in [-0.25, -0.2) is 4.79 Å². The van der Waals surface area contributed by atoms with Gasteiger partial charge in [0.25, 0.3) is 0 Å². The Morgan fingerprint density at radius 1 is 1.42 bits per heavy atom. The molecule has 1 aromatic carbocycles. The Kier molecular flexibility index (Phi) is 5.61. The van der Waals surface area contributed by atoms with Crippen molar-refractivity contribution in [3.05, 3.63) is 29.8 Å². The highest BCUT2D eigenvalue weighted by Gasteiger charge is 2.34. The van der Waals surface area contributed by atoms with E-state index in [9.17, 15) is 9.90 Å². The van der Waals surface area contributed by atoms with Gasteiger partial charge < -0.3 is 20.1 Å². The number of amides is 2. The maximum Gasteiger partial charge on any atom is 0.317 e. The summed E-state index contributed by atoms with van der Waals surface area (Å²) in [6.07, 6.45) is 5.20. The van der Waals surface area contributed by atoms with Crippen molar-refractivity contribution < 1.29 is 14.6 Å². The van der Waals surface area contributed by atoms with Crippen LogP contribution < -0.4 is 10.1 Å². The van der Waals surface area contributed by atoms with Crippen LogP contribution in [-0.2, 0) is 6.42 Å². The average Bonchev–Trinajstić information content (AvgIpc) is 3.46. The van der Waals surface area contributed by atoms with Gasteiger partial charge in [-0.2, -0.15) is 0 Å². The molecule has 0 radical (unpaired) electrons. The first-order valence-electron chi connectivity index (χ1n) is 8.99. The number of carbonyl (C=O) groups is 1. The Bertz CT molecular complexity index is 559. The number of urea groups is 1. The molecule has 3 rings (SSSR count). The molecular formula is C19H28N2O3. The quantitative estimate of drug-likeness (QED) is 0.841. The lowest BCUT2D eigenvalue weighted by Gasteiger charge is -2.33. The molecular weight excluding hydrogens is 304 g/mol. The van der Waals surface area contributed by atoms with Crippen LogP contribution in [0.2, 0.25) is 0 Å². The Morgan fingerprint density at radius 2 is 2.25 bits per heavy atom. The summed E-state index contributed by atoms with van der Waals surface area (Å²) in [5.74, 6) is 1.66. The minimum Gasteiger partial charge on any atom is -0.497 e. The highest BCUT2D eigenvalue weighted by Crippen LogP contribution is 2.34. The highest BCUT2D eigenvalue weighted by molar-refractivity contribution is 5.74. The summed E-state index contributed by atoms with van der Waals surface area (Å²) in [6, 6.07) is 8.27. The first kappa shape index (κ1) is 17.1. The molecule has 0 aromatic heterocycles. The molecule has 132 valence electrons. The molecule has 5 heteroatoms. The lowest BCUT2D eigenvalue weighted by Crippen LogP contribution is -2.50. The number of rotatable bonds is 6. The van der Waals surface area contributed by atoms with Gasteiger partial charge in [-0.15, -0.1) is 0 Å². The third-order valence-electron chi connectivity index (χ3n) is 5.15. The maximum absolute atomic E-state index is 12.6. The molecule has 2 aliphatic rings. The molecule has 1 saturated carbocycles. The molecule has 1 saturated heterocycles. The first-order valence-corrected chi connectivity index (χ1v) is 8.99. The second-order valence-corrected chi connectivity index (χ2v) is 7.09. The molecule has 24 heavy (non-hydrogen) atoms. The number of hydrogen-bond acceptors (Lipinski definition) is 3. The van der Waals surface area contributed by atoms with E-state index in [4.69, 9.17) is 4.74 Å². The number of methoxy groups -OCH3 is 1. The van der Waals surface area contributed by atoms with Crippen LogP contribution in [0.3, 0.4) is 0 Å². The number of nitrogens with one attached hydrogen (secondary N) is 1. The van der Waals surface area contributed by atoms with Gasteiger partial charge in [-0.05, 0) is 61.6 Å². The smallest absolute Gasteiger partial charge is 0.317 e. The number of carbonyl (C=O) groups excluding carboxylic acids is 1. The Morgan fingerprint density at radius 3 is 2.96 bits per heavy atom. The van der Waals surface area contributed by atoms with Crippen molar-refractivity contribution in [3.8, 4) is 5.75 Å². The van der Waals surface area contributed by atoms with Crippen LogP contribution in [0.5, 0.6) is 5.75 Å². The zero-order valence-corrected chi connectivity index (χ0v) is 14.4. The van der Waals surface area contributed by atoms with Crippen LogP contribution in [0.4, 0.5) is 4.79 Å². The number of nitrogens with zero attached hydrogens (tertiary/aromatic N) is 1. The third-order valence-corrected chi connectivity index (χ3v) is 5.15. The normalized spacial score (nSPS) is 22.1. The van der Waals surface area contributed by atoms with Crippen molar-refractivity contribution in [1.82, 2.24) is 10.2 Å². The summed E-state index contributed by atoms with van der Waals surface area (Å²) in [7, 11) is 1.67. The molecule has 1 heterocycles. The summed E-state index contributed by atoms with van der Waals surface area (Å²) in [5, 5.41) is 12.6. The van der Waals surface area contributed by atoms with E-state index < -0.39 is 0 Å². The molecule has 2 fully saturated rings. The molecule has 2 N–H and O–H groups in total. The molecule has 2 amide bonds. The number of hydrogen-bond donors (Lipinski definition) is 2. The predicted octanol–water partition coefficient (Wildman–Crippen LogP) is 2.43. The molecule has 0 unspecified atom stereocenters. The largest absolute Gasteiger partial charge is 0.497 e. The topological polar surface area (TPSA) is 61.8 Å². The Balaban J connectivity index is 1.60. The van der Waals surface area contributed by atoms with Gasteiger partial charge >= 0.3 is 6.03 Å². The van der Waals surface area contributed by atoms with Crippen LogP contribution >= 0.6 is 0 Å². The second-order valence-electron chi connectivity index (χ2n) is 7.09. The number of ether oxygens (including phenoxy) is 1. The summed E-state index contributed by atoms with van der Waals surface area (Å²) in [4.78, 5) is 14.5. The molecule has 1 aromatic rings. The Hall–Kier alpha value is -1.75. The zero-order valence-electron chi connectivity index (χ0n) is 14.4. The van der Waals surface area contributed by atoms with Crippen molar-refractivity contribution in [2.75, 3.05) is 26.8 Å². The van der Waals surface area contributed by atoms with Crippen LogP contribution in [0, 0.1) is 11.8 Å². The molecule has 5 nitrogen and oxygen atoms in total. The predicted molar refractivity (Wildman–Crippen MR) is 93.1 cm³/mol. The number of benzene rings is 1. The minimum atomic E-state index is 0.0212. The highest BCUT2D eigenvalue weighted by atomic mass is 16.5. The lowest BCUT2D eigenvalue weighted by molar-refractivity contribution is 0.127. The maximum atomic E-state index is 12.6. The molecule has 2 atom stereocenters. The van der Waals surface area contributed by atoms with Crippen molar-refractivity contribution in [2.24, 2.45) is 11.8 Å². The van der Waals surface area contributed by atoms with Gasteiger partial charge in [0.15, 0.2) is 0 Å². The lowest BCUT2D eigenvalue weighted by atomic mass is 9.99. The number of likely N-dealkylation sites (tertiary alicyclic amines) is 1. The van der Waals surface area contributed by atoms with E-state index in [1.54, 1.807) is 7.11 Å². The zero-order chi connectivity index (χ0) is 16.9. The summed E-state index contributed by atoms with van der Waals surface area (Å²) >= 11 is 0. The van der Waals surface area contributed by atoms with E-state index in [0.29, 0.717) is 12.5 Å². The first-order chi connectivity index (χ1) is 11.7. The Labute approximate surface area is 144 Å². The van der Waals surface area contributed by atoms with Gasteiger partial charge in [-0.3, -0.25) is 0 Å². The van der Waals surface area contributed by atoms with E-state index >= 15 is 0 Å². The van der Waals surface area contributed by atoms with Crippen LogP contribution in [0.15, 0.2) is 24.3 Å². The summed E-state index contributed by atoms with van der Waals surface area (Å²) in [5.41, 5.74) is 1.19. The molecule has 0 spiro atoms. The van der Waals surface area contributed by atoms with Gasteiger partial charge in [0, 0.05) is 25.7 Å². The van der Waals surface area contributed by atoms with Gasteiger partial charge in [0.1, 0.15) is 5.75 Å². The second kappa shape index (κ2) is 7.88. The van der Waals surface area contributed by atoms with E-state index in [2.05, 4.69) is 11.4 Å². The average molecular weight is 332 g/mol. The molecule has 0 bridgehead atoms. The van der Waals surface area contributed by atoms with E-state index in [1.165, 1.54) is 18.4 Å². The van der Waals surface area contributed by atoms with Crippen LogP contribution in [0.25, 0.3) is 0 Å². The third kappa shape index (κ3) is 4.41. The van der Waals surface area contributed by atoms with Gasteiger partial charge in [0.05, 0.1) is 7.11 Å². The summed E-state index contributed by atoms with van der Waals surface area (Å²) < 4.78 is 5.29. The SMILES string of the molecule is COc1cccc(C[C@H](NC(=O)N2CCC[C@H](CO)C2)C2CC2)c1. The van der Waals surface area contributed by atoms with Crippen molar-refractivity contribution in [3.63, 3.8) is 0 Å². The van der Waals surface area contributed by atoms with Crippen molar-refractivity contribution >= 4 is 6.03 Å². The monoisotopic (exact) mass is 332 g/mol. The fraction of sp³-hybridized carbons (Fsp3) is 0.632. The fourth-order valence-electron chi connectivity index (χ4n) is 3.54.